The number of carboxylic acids is 1. The number of hydrogen-bond acceptors (Lipinski definition) is 7. The fourth-order valence-corrected chi connectivity index (χ4v) is 11.3. The molecule has 0 fully saturated rings. The maximum atomic E-state index is 14.8. The van der Waals surface area contributed by atoms with Crippen LogP contribution in [0.1, 0.15) is 87.0 Å². The smallest absolute Gasteiger partial charge is 0.407 e. The zero-order valence-electron chi connectivity index (χ0n) is 37.1. The van der Waals surface area contributed by atoms with Gasteiger partial charge < -0.3 is 25.2 Å². The lowest BCUT2D eigenvalue weighted by atomic mass is 9.94. The Morgan fingerprint density at radius 3 is 1.91 bits per heavy atom. The van der Waals surface area contributed by atoms with E-state index in [1.54, 1.807) is 31.2 Å². The minimum Gasteiger partial charge on any atom is -0.487 e. The Bertz CT molecular complexity index is 2910. The standard InChI is InChI=1S/C53H52N4O7S/c1-31-32(2)49(33(3)44-29-53(4,5)64-48(31)44)65(61,62)57-51(56-47-38-16-8-6-14-35(38)24-25-36-15-7-9-17-39(36)47)54-37-26-22-34(23-27-37)28-46(50(58)59)55-52(60)63-30-45-42-20-12-10-18-40(42)41-19-11-13-21-43(41)45/h6-23,26-27,45-47H,24-25,28-30H2,1-5H3,(H,55,60)(H,58,59)(H2,54,56,57)/t46-/m0/s1. The van der Waals surface area contributed by atoms with Crippen LogP contribution in [0.25, 0.3) is 11.1 Å². The van der Waals surface area contributed by atoms with Crippen LogP contribution in [-0.2, 0) is 45.2 Å². The molecule has 1 amide bonds. The van der Waals surface area contributed by atoms with Gasteiger partial charge in [0.1, 0.15) is 30.0 Å². The number of guanidine groups is 1. The highest BCUT2D eigenvalue weighted by molar-refractivity contribution is 7.90. The number of carbonyl (C=O) groups excluding carboxylic acids is 1. The number of alkyl carbamates (subject to hydrolysis) is 1. The van der Waals surface area contributed by atoms with E-state index in [0.29, 0.717) is 28.8 Å². The number of fused-ring (bicyclic) bond motifs is 6. The molecule has 3 aliphatic rings. The Morgan fingerprint density at radius 1 is 0.769 bits per heavy atom. The molecule has 0 saturated heterocycles. The van der Waals surface area contributed by atoms with Gasteiger partial charge in [0.05, 0.1) is 4.90 Å². The van der Waals surface area contributed by atoms with E-state index >= 15 is 0 Å². The lowest BCUT2D eigenvalue weighted by molar-refractivity contribution is -0.139. The van der Waals surface area contributed by atoms with Crippen molar-refractivity contribution in [2.75, 3.05) is 11.9 Å². The molecule has 1 aliphatic heterocycles. The summed E-state index contributed by atoms with van der Waals surface area (Å²) in [6.45, 7) is 9.58. The van der Waals surface area contributed by atoms with E-state index in [1.165, 1.54) is 0 Å². The molecule has 12 heteroatoms. The number of aryl methyl sites for hydroxylation is 2. The summed E-state index contributed by atoms with van der Waals surface area (Å²) < 4.78 is 44.4. The van der Waals surface area contributed by atoms with Crippen LogP contribution in [0.15, 0.2) is 131 Å². The molecule has 332 valence electrons. The predicted octanol–water partition coefficient (Wildman–Crippen LogP) is 9.49. The number of sulfonamides is 1. The van der Waals surface area contributed by atoms with Gasteiger partial charge >= 0.3 is 12.1 Å². The van der Waals surface area contributed by atoms with Gasteiger partial charge in [-0.05, 0) is 126 Å². The van der Waals surface area contributed by atoms with Gasteiger partial charge in [-0.2, -0.15) is 0 Å². The number of carbonyl (C=O) groups is 2. The van der Waals surface area contributed by atoms with E-state index in [9.17, 15) is 23.1 Å². The van der Waals surface area contributed by atoms with E-state index in [0.717, 1.165) is 74.2 Å². The zero-order chi connectivity index (χ0) is 45.6. The van der Waals surface area contributed by atoms with Gasteiger partial charge in [0.25, 0.3) is 10.0 Å². The SMILES string of the molecule is Cc1c(C)c(S(=O)(=O)N/C(=N\C2c3ccccc3CCc3ccccc32)Nc2ccc(C[C@H](NC(=O)OCC3c4ccccc4-c4ccccc43)C(=O)O)cc2)c(C)c2c1OC(C)(C)C2. The Balaban J connectivity index is 0.978. The fraction of sp³-hybridized carbons (Fsp3) is 0.264. The maximum absolute atomic E-state index is 14.8. The number of ether oxygens (including phenoxy) is 2. The van der Waals surface area contributed by atoms with Crippen LogP contribution in [0.3, 0.4) is 0 Å². The van der Waals surface area contributed by atoms with Gasteiger partial charge in [-0.3, -0.25) is 0 Å². The molecule has 0 spiro atoms. The van der Waals surface area contributed by atoms with Crippen LogP contribution >= 0.6 is 0 Å². The molecule has 2 aliphatic carbocycles. The Hall–Kier alpha value is -6.92. The van der Waals surface area contributed by atoms with Crippen LogP contribution in [0.2, 0.25) is 0 Å². The van der Waals surface area contributed by atoms with E-state index < -0.39 is 39.8 Å². The number of nitrogens with one attached hydrogen (secondary N) is 3. The summed E-state index contributed by atoms with van der Waals surface area (Å²) in [6.07, 6.45) is 1.34. The van der Waals surface area contributed by atoms with Crippen molar-refractivity contribution in [2.24, 2.45) is 4.99 Å². The first-order chi connectivity index (χ1) is 31.2. The van der Waals surface area contributed by atoms with Gasteiger partial charge in [-0.25, -0.2) is 27.7 Å². The molecular formula is C53H52N4O7S. The third-order valence-corrected chi connectivity index (χ3v) is 14.6. The molecular weight excluding hydrogens is 837 g/mol. The second kappa shape index (κ2) is 17.2. The highest BCUT2D eigenvalue weighted by atomic mass is 32.2. The fourth-order valence-electron chi connectivity index (χ4n) is 9.75. The molecule has 6 aromatic rings. The zero-order valence-corrected chi connectivity index (χ0v) is 37.9. The second-order valence-corrected chi connectivity index (χ2v) is 19.4. The number of hydrogen-bond donors (Lipinski definition) is 4. The largest absolute Gasteiger partial charge is 0.487 e. The molecule has 0 aromatic heterocycles. The number of anilines is 1. The molecule has 6 aromatic carbocycles. The number of carboxylic acid groups (broad SMARTS) is 1. The van der Waals surface area contributed by atoms with Crippen molar-refractivity contribution >= 4 is 33.7 Å². The van der Waals surface area contributed by atoms with Gasteiger partial charge in [0.2, 0.25) is 5.96 Å². The molecule has 4 N–H and O–H groups in total. The number of aliphatic carboxylic acids is 1. The maximum Gasteiger partial charge on any atom is 0.407 e. The first-order valence-electron chi connectivity index (χ1n) is 22.0. The van der Waals surface area contributed by atoms with Crippen molar-refractivity contribution in [3.63, 3.8) is 0 Å². The van der Waals surface area contributed by atoms with Gasteiger partial charge in [-0.1, -0.05) is 109 Å². The monoisotopic (exact) mass is 888 g/mol. The van der Waals surface area contributed by atoms with Crippen molar-refractivity contribution in [1.29, 1.82) is 0 Å². The predicted molar refractivity (Wildman–Crippen MR) is 252 cm³/mol. The van der Waals surface area contributed by atoms with Gasteiger partial charge in [0, 0.05) is 30.0 Å². The molecule has 11 nitrogen and oxygen atoms in total. The summed E-state index contributed by atoms with van der Waals surface area (Å²) >= 11 is 0. The summed E-state index contributed by atoms with van der Waals surface area (Å²) in [5.41, 5.74) is 12.1. The Kier molecular flexibility index (Phi) is 11.5. The van der Waals surface area contributed by atoms with Crippen molar-refractivity contribution in [3.8, 4) is 16.9 Å². The molecule has 0 saturated carbocycles. The van der Waals surface area contributed by atoms with E-state index in [1.807, 2.05) is 113 Å². The summed E-state index contributed by atoms with van der Waals surface area (Å²) in [5.74, 6) is -0.630. The lowest BCUT2D eigenvalue weighted by Crippen LogP contribution is -2.42. The van der Waals surface area contributed by atoms with Crippen molar-refractivity contribution in [3.05, 3.63) is 183 Å². The molecule has 0 radical (unpaired) electrons. The summed E-state index contributed by atoms with van der Waals surface area (Å²) in [6, 6.07) is 37.4. The summed E-state index contributed by atoms with van der Waals surface area (Å²) in [5, 5.41) is 16.0. The van der Waals surface area contributed by atoms with E-state index in [-0.39, 0.29) is 29.8 Å². The molecule has 65 heavy (non-hydrogen) atoms. The van der Waals surface area contributed by atoms with Crippen molar-refractivity contribution in [2.45, 2.75) is 88.8 Å². The molecule has 0 unspecified atom stereocenters. The lowest BCUT2D eigenvalue weighted by Gasteiger charge is -2.22. The minimum atomic E-state index is -4.24. The highest BCUT2D eigenvalue weighted by Crippen LogP contribution is 2.46. The number of aliphatic imine (C=N–C) groups is 1. The first kappa shape index (κ1) is 43.3. The van der Waals surface area contributed by atoms with Gasteiger partial charge in [-0.15, -0.1) is 0 Å². The van der Waals surface area contributed by atoms with Crippen LogP contribution in [-0.4, -0.2) is 49.8 Å². The van der Waals surface area contributed by atoms with Crippen LogP contribution in [0.5, 0.6) is 5.75 Å². The molecule has 1 heterocycles. The normalized spacial score (nSPS) is 15.6. The molecule has 1 atom stereocenters. The number of rotatable bonds is 10. The second-order valence-electron chi connectivity index (χ2n) is 17.8. The first-order valence-corrected chi connectivity index (χ1v) is 23.4. The average molecular weight is 889 g/mol. The third-order valence-electron chi connectivity index (χ3n) is 13.0. The molecule has 9 rings (SSSR count). The summed E-state index contributed by atoms with van der Waals surface area (Å²) in [4.78, 5) is 31.0. The van der Waals surface area contributed by atoms with Crippen molar-refractivity contribution in [1.82, 2.24) is 10.0 Å². The third kappa shape index (κ3) is 8.58. The minimum absolute atomic E-state index is 0.0168. The highest BCUT2D eigenvalue weighted by Gasteiger charge is 2.37. The Labute approximate surface area is 380 Å². The number of benzene rings is 6. The van der Waals surface area contributed by atoms with Gasteiger partial charge in [0.15, 0.2) is 0 Å². The topological polar surface area (TPSA) is 155 Å². The van der Waals surface area contributed by atoms with Crippen LogP contribution < -0.4 is 20.1 Å². The van der Waals surface area contributed by atoms with Crippen LogP contribution in [0, 0.1) is 20.8 Å². The Morgan fingerprint density at radius 2 is 1.32 bits per heavy atom. The molecule has 0 bridgehead atoms. The van der Waals surface area contributed by atoms with E-state index in [2.05, 4.69) is 27.5 Å². The number of amides is 1. The van der Waals surface area contributed by atoms with E-state index in [4.69, 9.17) is 14.5 Å². The summed E-state index contributed by atoms with van der Waals surface area (Å²) in [7, 11) is -4.24. The number of nitrogens with zero attached hydrogens (tertiary/aromatic N) is 1. The van der Waals surface area contributed by atoms with Crippen LogP contribution in [0.4, 0.5) is 10.5 Å². The van der Waals surface area contributed by atoms with Crippen molar-refractivity contribution < 1.29 is 32.6 Å². The quantitative estimate of drug-likeness (QED) is 0.0784. The average Bonchev–Trinajstić information content (AvgIpc) is 3.74.